The van der Waals surface area contributed by atoms with Crippen LogP contribution >= 0.6 is 0 Å². The Balaban J connectivity index is 1.35. The van der Waals surface area contributed by atoms with Gasteiger partial charge < -0.3 is 28.5 Å². The summed E-state index contributed by atoms with van der Waals surface area (Å²) in [6, 6.07) is 33.6. The Morgan fingerprint density at radius 3 is 2.02 bits per heavy atom. The second-order valence-corrected chi connectivity index (χ2v) is 18.4. The fourth-order valence-corrected chi connectivity index (χ4v) is 11.5. The minimum atomic E-state index is -2.83. The van der Waals surface area contributed by atoms with E-state index in [1.165, 1.54) is 12.0 Å². The Morgan fingerprint density at radius 2 is 1.47 bits per heavy atom. The van der Waals surface area contributed by atoms with Gasteiger partial charge in [-0.2, -0.15) is 0 Å². The number of aryl methyl sites for hydroxylation is 1. The van der Waals surface area contributed by atoms with Gasteiger partial charge in [0.25, 0.3) is 8.32 Å². The molecule has 9 nitrogen and oxygen atoms in total. The first-order valence-corrected chi connectivity index (χ1v) is 19.3. The van der Waals surface area contributed by atoms with E-state index >= 15 is 0 Å². The number of nitrogens with zero attached hydrogens (tertiary/aromatic N) is 1. The lowest BCUT2D eigenvalue weighted by molar-refractivity contribution is 0.0465. The van der Waals surface area contributed by atoms with Gasteiger partial charge in [-0.3, -0.25) is 4.90 Å². The van der Waals surface area contributed by atoms with Crippen molar-refractivity contribution in [1.29, 1.82) is 0 Å². The van der Waals surface area contributed by atoms with E-state index in [-0.39, 0.29) is 42.2 Å². The Kier molecular flexibility index (Phi) is 12.2. The summed E-state index contributed by atoms with van der Waals surface area (Å²) in [5, 5.41) is 12.1. The number of carbonyl (C=O) groups is 2. The van der Waals surface area contributed by atoms with Crippen molar-refractivity contribution in [2.24, 2.45) is 0 Å². The van der Waals surface area contributed by atoms with Crippen molar-refractivity contribution in [2.75, 3.05) is 26.9 Å². The van der Waals surface area contributed by atoms with Gasteiger partial charge in [0.2, 0.25) is 0 Å². The van der Waals surface area contributed by atoms with Gasteiger partial charge in [0.15, 0.2) is 0 Å². The average Bonchev–Trinajstić information content (AvgIpc) is 3.54. The van der Waals surface area contributed by atoms with Crippen molar-refractivity contribution in [3.8, 4) is 11.5 Å². The number of methoxy groups -OCH3 is 1. The highest BCUT2D eigenvalue weighted by Gasteiger charge is 2.50. The topological polar surface area (TPSA) is 104 Å². The number of carboxylic acid groups (broad SMARTS) is 1. The number of benzene rings is 4. The number of rotatable bonds is 14. The smallest absolute Gasteiger partial charge is 0.407 e. The summed E-state index contributed by atoms with van der Waals surface area (Å²) in [6.45, 7) is 11.4. The zero-order valence-corrected chi connectivity index (χ0v) is 31.3. The van der Waals surface area contributed by atoms with Gasteiger partial charge in [-0.15, -0.1) is 0 Å². The van der Waals surface area contributed by atoms with Crippen molar-refractivity contribution >= 4 is 30.8 Å². The molecule has 1 aliphatic heterocycles. The van der Waals surface area contributed by atoms with Gasteiger partial charge in [-0.1, -0.05) is 112 Å². The molecule has 1 fully saturated rings. The van der Waals surface area contributed by atoms with Crippen molar-refractivity contribution < 1.29 is 38.1 Å². The van der Waals surface area contributed by atoms with E-state index in [1.54, 1.807) is 12.1 Å². The summed E-state index contributed by atoms with van der Waals surface area (Å²) in [6.07, 6.45) is -1.34. The number of hydrogen-bond donors (Lipinski definition) is 1. The summed E-state index contributed by atoms with van der Waals surface area (Å²) < 4.78 is 31.1. The molecule has 0 spiro atoms. The van der Waals surface area contributed by atoms with Crippen LogP contribution in [-0.2, 0) is 20.5 Å². The minimum absolute atomic E-state index is 0.0247. The molecule has 1 N–H and O–H groups in total. The molecular formula is C41H49NO8Si. The predicted molar refractivity (Wildman–Crippen MR) is 200 cm³/mol. The van der Waals surface area contributed by atoms with Crippen LogP contribution in [0.5, 0.6) is 11.5 Å². The lowest BCUT2D eigenvalue weighted by Crippen LogP contribution is -2.67. The van der Waals surface area contributed by atoms with E-state index in [9.17, 15) is 14.7 Å². The van der Waals surface area contributed by atoms with Crippen molar-refractivity contribution in [3.05, 3.63) is 120 Å². The number of hydrogen-bond acceptors (Lipinski definition) is 7. The van der Waals surface area contributed by atoms with Gasteiger partial charge >= 0.3 is 12.1 Å². The summed E-state index contributed by atoms with van der Waals surface area (Å²) in [5.41, 5.74) is 1.95. The van der Waals surface area contributed by atoms with Crippen LogP contribution in [-0.4, -0.2) is 75.5 Å². The molecule has 1 saturated heterocycles. The highest BCUT2D eigenvalue weighted by molar-refractivity contribution is 6.99. The van der Waals surface area contributed by atoms with E-state index in [1.807, 2.05) is 80.6 Å². The summed E-state index contributed by atoms with van der Waals surface area (Å²) in [5.74, 6) is -0.0531. The normalized spacial score (nSPS) is 16.8. The third kappa shape index (κ3) is 8.81. The maximum Gasteiger partial charge on any atom is 0.407 e. The molecule has 4 aromatic carbocycles. The third-order valence-electron chi connectivity index (χ3n) is 9.26. The van der Waals surface area contributed by atoms with Crippen LogP contribution in [0.3, 0.4) is 0 Å². The highest BCUT2D eigenvalue weighted by atomic mass is 28.4. The first-order valence-electron chi connectivity index (χ1n) is 17.4. The summed E-state index contributed by atoms with van der Waals surface area (Å²) in [7, 11) is -1.52. The fraction of sp³-hybridized carbons (Fsp3) is 0.366. The standard InChI is InChI=1S/C41H49NO8Si/c1-29-22-36(48-28-32-24-33(25-42(32)40(44)45)47-27-31-16-10-7-11-17-31)38(39(43)46-6)37(23-29)50-30(2)26-49-51(41(3,4)5,34-18-12-8-13-19-34)35-20-14-9-15-21-35/h7-23,30,32-33H,24-28H2,1-6H3,(H,44,45)/t30-,32-,33+/m1/s1. The Bertz CT molecular complexity index is 1710. The Labute approximate surface area is 302 Å². The monoisotopic (exact) mass is 711 g/mol. The molecule has 10 heteroatoms. The molecule has 1 aliphatic rings. The van der Waals surface area contributed by atoms with E-state index in [0.29, 0.717) is 18.8 Å². The number of amides is 1. The lowest BCUT2D eigenvalue weighted by Gasteiger charge is -2.43. The van der Waals surface area contributed by atoms with Crippen molar-refractivity contribution in [2.45, 2.75) is 70.9 Å². The molecule has 1 amide bonds. The lowest BCUT2D eigenvalue weighted by atomic mass is 10.1. The van der Waals surface area contributed by atoms with Crippen LogP contribution < -0.4 is 19.8 Å². The van der Waals surface area contributed by atoms with E-state index in [0.717, 1.165) is 21.5 Å². The first-order chi connectivity index (χ1) is 24.4. The molecule has 0 aromatic heterocycles. The summed E-state index contributed by atoms with van der Waals surface area (Å²) in [4.78, 5) is 26.8. The van der Waals surface area contributed by atoms with Gasteiger partial charge in [0, 0.05) is 0 Å². The Morgan fingerprint density at radius 1 is 0.902 bits per heavy atom. The molecule has 5 rings (SSSR count). The van der Waals surface area contributed by atoms with Crippen LogP contribution in [0.25, 0.3) is 0 Å². The van der Waals surface area contributed by atoms with E-state index in [4.69, 9.17) is 23.4 Å². The second kappa shape index (κ2) is 16.6. The minimum Gasteiger partial charge on any atom is -0.490 e. The van der Waals surface area contributed by atoms with Gasteiger partial charge in [0.1, 0.15) is 29.8 Å². The molecule has 0 radical (unpaired) electrons. The van der Waals surface area contributed by atoms with Crippen LogP contribution in [0.1, 0.15) is 55.6 Å². The van der Waals surface area contributed by atoms with Crippen LogP contribution in [0.4, 0.5) is 4.79 Å². The average molecular weight is 712 g/mol. The molecule has 0 aliphatic carbocycles. The largest absolute Gasteiger partial charge is 0.490 e. The molecule has 3 atom stereocenters. The quantitative estimate of drug-likeness (QED) is 0.112. The highest BCUT2D eigenvalue weighted by Crippen LogP contribution is 2.38. The summed E-state index contributed by atoms with van der Waals surface area (Å²) >= 11 is 0. The van der Waals surface area contributed by atoms with E-state index in [2.05, 4.69) is 45.0 Å². The number of esters is 1. The predicted octanol–water partition coefficient (Wildman–Crippen LogP) is 6.84. The van der Waals surface area contributed by atoms with Crippen LogP contribution in [0.15, 0.2) is 103 Å². The molecule has 0 bridgehead atoms. The molecule has 270 valence electrons. The Hall–Kier alpha value is -4.64. The molecule has 0 unspecified atom stereocenters. The molecular weight excluding hydrogens is 663 g/mol. The van der Waals surface area contributed by atoms with Crippen LogP contribution in [0.2, 0.25) is 5.04 Å². The van der Waals surface area contributed by atoms with E-state index < -0.39 is 32.5 Å². The van der Waals surface area contributed by atoms with Gasteiger partial charge in [-0.05, 0) is 58.9 Å². The van der Waals surface area contributed by atoms with Crippen LogP contribution in [0, 0.1) is 6.92 Å². The molecule has 1 heterocycles. The van der Waals surface area contributed by atoms with Crippen molar-refractivity contribution in [1.82, 2.24) is 4.90 Å². The number of likely N-dealkylation sites (tertiary alicyclic amines) is 1. The maximum absolute atomic E-state index is 13.3. The van der Waals surface area contributed by atoms with Gasteiger partial charge in [0.05, 0.1) is 39.0 Å². The van der Waals surface area contributed by atoms with Crippen molar-refractivity contribution in [3.63, 3.8) is 0 Å². The first kappa shape index (κ1) is 37.6. The SMILES string of the molecule is COC(=O)c1c(OC[C@H]2C[C@H](OCc3ccccc3)CN2C(=O)O)cc(C)cc1O[C@H](C)CO[Si](c1ccccc1)(c1ccccc1)C(C)(C)C. The fourth-order valence-electron chi connectivity index (χ4n) is 6.85. The molecule has 0 saturated carbocycles. The zero-order valence-electron chi connectivity index (χ0n) is 30.3. The third-order valence-corrected chi connectivity index (χ3v) is 14.3. The van der Waals surface area contributed by atoms with Gasteiger partial charge in [-0.25, -0.2) is 9.59 Å². The zero-order chi connectivity index (χ0) is 36.6. The maximum atomic E-state index is 13.3. The molecule has 4 aromatic rings. The number of carbonyl (C=O) groups excluding carboxylic acids is 1. The second-order valence-electron chi connectivity index (χ2n) is 14.1. The number of ether oxygens (including phenoxy) is 4. The molecule has 51 heavy (non-hydrogen) atoms.